The smallest absolute Gasteiger partial charge is 0.135 e. The summed E-state index contributed by atoms with van der Waals surface area (Å²) >= 11 is 0. The van der Waals surface area contributed by atoms with Gasteiger partial charge in [-0.25, -0.2) is 4.98 Å². The maximum atomic E-state index is 6.15. The van der Waals surface area contributed by atoms with Crippen molar-refractivity contribution in [1.29, 1.82) is 0 Å². The van der Waals surface area contributed by atoms with Gasteiger partial charge in [-0.3, -0.25) is 9.78 Å². The molecule has 3 aromatic heterocycles. The van der Waals surface area contributed by atoms with Gasteiger partial charge in [0.15, 0.2) is 0 Å². The number of methoxy groups -OCH3 is 1. The highest BCUT2D eigenvalue weighted by Gasteiger charge is 2.12. The van der Waals surface area contributed by atoms with Crippen LogP contribution >= 0.6 is 0 Å². The number of pyridine rings is 1. The Balaban J connectivity index is 1.81. The van der Waals surface area contributed by atoms with E-state index in [4.69, 9.17) is 10.5 Å². The van der Waals surface area contributed by atoms with Crippen LogP contribution in [0.2, 0.25) is 0 Å². The Morgan fingerprint density at radius 2 is 2.17 bits per heavy atom. The van der Waals surface area contributed by atoms with Gasteiger partial charge in [0.1, 0.15) is 11.3 Å². The number of anilines is 1. The Bertz CT molecular complexity index is 989. The van der Waals surface area contributed by atoms with Crippen LogP contribution in [0.1, 0.15) is 6.42 Å². The third-order valence-electron chi connectivity index (χ3n) is 4.06. The molecule has 0 fully saturated rings. The second-order valence-electron chi connectivity index (χ2n) is 5.69. The van der Waals surface area contributed by atoms with Crippen LogP contribution in [0.4, 0.5) is 5.82 Å². The zero-order chi connectivity index (χ0) is 16.5. The normalized spacial score (nSPS) is 11.5. The lowest BCUT2D eigenvalue weighted by molar-refractivity contribution is 0.189. The lowest BCUT2D eigenvalue weighted by Crippen LogP contribution is -2.01. The van der Waals surface area contributed by atoms with Crippen molar-refractivity contribution >= 4 is 27.6 Å². The summed E-state index contributed by atoms with van der Waals surface area (Å²) < 4.78 is 7.00. The summed E-state index contributed by atoms with van der Waals surface area (Å²) in [6, 6.07) is 7.97. The maximum absolute atomic E-state index is 6.15. The number of nitrogen functional groups attached to an aromatic ring is 1. The van der Waals surface area contributed by atoms with E-state index in [0.717, 1.165) is 46.0 Å². The van der Waals surface area contributed by atoms with E-state index in [1.165, 1.54) is 0 Å². The molecule has 0 unspecified atom stereocenters. The Kier molecular flexibility index (Phi) is 3.62. The van der Waals surface area contributed by atoms with Crippen molar-refractivity contribution in [1.82, 2.24) is 25.0 Å². The number of rotatable bonds is 5. The van der Waals surface area contributed by atoms with Crippen molar-refractivity contribution in [2.75, 3.05) is 19.5 Å². The molecule has 7 nitrogen and oxygen atoms in total. The van der Waals surface area contributed by atoms with E-state index < -0.39 is 0 Å². The Morgan fingerprint density at radius 3 is 2.96 bits per heavy atom. The highest BCUT2D eigenvalue weighted by molar-refractivity contribution is 6.08. The van der Waals surface area contributed by atoms with Crippen LogP contribution in [0.15, 0.2) is 36.7 Å². The molecule has 0 bridgehead atoms. The van der Waals surface area contributed by atoms with E-state index in [-0.39, 0.29) is 0 Å². The number of benzene rings is 1. The topological polar surface area (TPSA) is 94.6 Å². The number of hydrogen-bond acceptors (Lipinski definition) is 5. The number of fused-ring (bicyclic) bond motifs is 3. The summed E-state index contributed by atoms with van der Waals surface area (Å²) in [4.78, 5) is 4.55. The summed E-state index contributed by atoms with van der Waals surface area (Å²) in [5, 5.41) is 13.6. The number of nitrogens with zero attached hydrogens (tertiary/aromatic N) is 4. The van der Waals surface area contributed by atoms with E-state index in [0.29, 0.717) is 12.4 Å². The average molecular weight is 322 g/mol. The first-order valence-corrected chi connectivity index (χ1v) is 7.82. The predicted octanol–water partition coefficient (Wildman–Crippen LogP) is 2.59. The molecule has 4 aromatic rings. The summed E-state index contributed by atoms with van der Waals surface area (Å²) in [7, 11) is 1.70. The van der Waals surface area contributed by atoms with Crippen molar-refractivity contribution in [2.24, 2.45) is 0 Å². The van der Waals surface area contributed by atoms with Gasteiger partial charge in [0.05, 0.1) is 16.6 Å². The number of H-pyrrole nitrogens is 1. The maximum Gasteiger partial charge on any atom is 0.135 e. The minimum Gasteiger partial charge on any atom is -0.385 e. The Morgan fingerprint density at radius 1 is 1.25 bits per heavy atom. The molecule has 3 N–H and O–H groups in total. The second kappa shape index (κ2) is 5.93. The van der Waals surface area contributed by atoms with Crippen molar-refractivity contribution in [3.05, 3.63) is 36.7 Å². The summed E-state index contributed by atoms with van der Waals surface area (Å²) in [5.41, 5.74) is 9.72. The number of hydrogen-bond donors (Lipinski definition) is 2. The molecule has 24 heavy (non-hydrogen) atoms. The average Bonchev–Trinajstić information content (AvgIpc) is 3.25. The number of ether oxygens (including phenoxy) is 1. The molecule has 3 heterocycles. The van der Waals surface area contributed by atoms with E-state index in [1.807, 2.05) is 35.1 Å². The van der Waals surface area contributed by atoms with Gasteiger partial charge in [-0.05, 0) is 24.6 Å². The van der Waals surface area contributed by atoms with Gasteiger partial charge in [-0.15, -0.1) is 0 Å². The molecule has 122 valence electrons. The van der Waals surface area contributed by atoms with Gasteiger partial charge >= 0.3 is 0 Å². The van der Waals surface area contributed by atoms with Crippen molar-refractivity contribution in [2.45, 2.75) is 13.0 Å². The third-order valence-corrected chi connectivity index (χ3v) is 4.06. The molecule has 0 amide bonds. The van der Waals surface area contributed by atoms with Crippen LogP contribution in [0, 0.1) is 0 Å². The number of aryl methyl sites for hydroxylation is 1. The quantitative estimate of drug-likeness (QED) is 0.551. The van der Waals surface area contributed by atoms with Crippen molar-refractivity contribution < 1.29 is 4.74 Å². The molecule has 0 radical (unpaired) electrons. The van der Waals surface area contributed by atoms with Gasteiger partial charge < -0.3 is 10.5 Å². The van der Waals surface area contributed by atoms with Crippen LogP contribution in [0.25, 0.3) is 33.1 Å². The largest absolute Gasteiger partial charge is 0.385 e. The van der Waals surface area contributed by atoms with E-state index in [9.17, 15) is 0 Å². The molecule has 4 rings (SSSR count). The summed E-state index contributed by atoms with van der Waals surface area (Å²) in [6.45, 7) is 1.49. The second-order valence-corrected chi connectivity index (χ2v) is 5.69. The highest BCUT2D eigenvalue weighted by Crippen LogP contribution is 2.29. The van der Waals surface area contributed by atoms with Crippen LogP contribution in [-0.4, -0.2) is 38.7 Å². The molecule has 0 spiro atoms. The highest BCUT2D eigenvalue weighted by atomic mass is 16.5. The first-order valence-electron chi connectivity index (χ1n) is 7.82. The molecule has 0 atom stereocenters. The van der Waals surface area contributed by atoms with E-state index >= 15 is 0 Å². The van der Waals surface area contributed by atoms with Gasteiger partial charge in [0.25, 0.3) is 0 Å². The fourth-order valence-electron chi connectivity index (χ4n) is 2.89. The van der Waals surface area contributed by atoms with Crippen LogP contribution < -0.4 is 5.73 Å². The Hall–Kier alpha value is -2.93. The summed E-state index contributed by atoms with van der Waals surface area (Å²) in [5.74, 6) is 0.495. The molecule has 0 aliphatic heterocycles. The van der Waals surface area contributed by atoms with Crippen molar-refractivity contribution in [3.8, 4) is 11.3 Å². The van der Waals surface area contributed by atoms with E-state index in [2.05, 4.69) is 20.3 Å². The standard InChI is InChI=1S/C17H18N6O/c1-24-8-2-7-23-10-13-16(22-23)12-4-3-11(14-5-6-19-21-14)9-15(12)20-17(13)18/h3-6,9-10H,2,7-8H2,1H3,(H2,18,20)(H,19,21). The first-order chi connectivity index (χ1) is 11.8. The fraction of sp³-hybridized carbons (Fsp3) is 0.235. The lowest BCUT2D eigenvalue weighted by Gasteiger charge is -2.03. The SMILES string of the molecule is COCCCn1cc2c(N)nc3cc(-c4cc[nH]n4)ccc3c2n1. The van der Waals surface area contributed by atoms with Gasteiger partial charge in [-0.1, -0.05) is 6.07 Å². The number of aromatic amines is 1. The molecule has 1 aromatic carbocycles. The van der Waals surface area contributed by atoms with Gasteiger partial charge in [-0.2, -0.15) is 10.2 Å². The lowest BCUT2D eigenvalue weighted by atomic mass is 10.1. The molecule has 0 aliphatic rings. The molecule has 7 heteroatoms. The number of nitrogens with one attached hydrogen (secondary N) is 1. The Labute approximate surface area is 138 Å². The van der Waals surface area contributed by atoms with E-state index in [1.54, 1.807) is 13.3 Å². The predicted molar refractivity (Wildman–Crippen MR) is 93.5 cm³/mol. The van der Waals surface area contributed by atoms with Crippen LogP contribution in [0.3, 0.4) is 0 Å². The zero-order valence-corrected chi connectivity index (χ0v) is 13.4. The van der Waals surface area contributed by atoms with Crippen LogP contribution in [0.5, 0.6) is 0 Å². The van der Waals surface area contributed by atoms with Gasteiger partial charge in [0, 0.05) is 43.6 Å². The molecule has 0 saturated carbocycles. The minimum atomic E-state index is 0.495. The van der Waals surface area contributed by atoms with Crippen molar-refractivity contribution in [3.63, 3.8) is 0 Å². The monoisotopic (exact) mass is 322 g/mol. The fourth-order valence-corrected chi connectivity index (χ4v) is 2.89. The summed E-state index contributed by atoms with van der Waals surface area (Å²) in [6.07, 6.45) is 4.65. The zero-order valence-electron chi connectivity index (χ0n) is 13.4. The third kappa shape index (κ3) is 2.48. The molecule has 0 aliphatic carbocycles. The number of aromatic nitrogens is 5. The molecular formula is C17H18N6O. The van der Waals surface area contributed by atoms with Crippen LogP contribution in [-0.2, 0) is 11.3 Å². The first kappa shape index (κ1) is 14.6. The molecule has 0 saturated heterocycles. The number of nitrogens with two attached hydrogens (primary N) is 1. The minimum absolute atomic E-state index is 0.495. The van der Waals surface area contributed by atoms with Gasteiger partial charge in [0.2, 0.25) is 0 Å². The molecular weight excluding hydrogens is 304 g/mol.